The number of aliphatic hydroxyl groups is 1. The van der Waals surface area contributed by atoms with E-state index in [0.717, 1.165) is 0 Å². The Morgan fingerprint density at radius 2 is 1.59 bits per heavy atom. The second-order valence-corrected chi connectivity index (χ2v) is 4.77. The molecule has 0 spiro atoms. The van der Waals surface area contributed by atoms with Crippen molar-refractivity contribution in [2.45, 2.75) is 6.10 Å². The van der Waals surface area contributed by atoms with Crippen molar-refractivity contribution in [1.29, 1.82) is 0 Å². The molecule has 0 aromatic heterocycles. The van der Waals surface area contributed by atoms with Crippen LogP contribution in [0.25, 0.3) is 0 Å². The molecule has 0 bridgehead atoms. The number of hydrogen-bond donors (Lipinski definition) is 4. The average Bonchev–Trinajstić information content (AvgIpc) is 2.55. The number of amides is 3. The molecule has 114 valence electrons. The molecule has 0 unspecified atom stereocenters. The Hall–Kier alpha value is -2.57. The highest BCUT2D eigenvalue weighted by Gasteiger charge is 2.17. The Kier molecular flexibility index (Phi) is 5.35. The van der Waals surface area contributed by atoms with Gasteiger partial charge in [-0.2, -0.15) is 0 Å². The summed E-state index contributed by atoms with van der Waals surface area (Å²) in [5.41, 5.74) is 5.09. The van der Waals surface area contributed by atoms with Gasteiger partial charge in [0.2, 0.25) is 0 Å². The number of aliphatic hydroxyl groups excluding tert-OH is 1. The van der Waals surface area contributed by atoms with Crippen molar-refractivity contribution in [2.24, 2.45) is 0 Å². The maximum atomic E-state index is 11.7. The lowest BCUT2D eigenvalue weighted by Gasteiger charge is -2.13. The number of para-hydroxylation sites is 1. The quantitative estimate of drug-likeness (QED) is 0.654. The zero-order valence-electron chi connectivity index (χ0n) is 11.4. The number of nitrogens with one attached hydrogen (secondary N) is 3. The summed E-state index contributed by atoms with van der Waals surface area (Å²) in [7, 11) is 0. The van der Waals surface area contributed by atoms with Gasteiger partial charge in [0.15, 0.2) is 6.10 Å². The second-order valence-electron chi connectivity index (χ2n) is 4.36. The Morgan fingerprint density at radius 3 is 2.27 bits per heavy atom. The number of anilines is 1. The van der Waals surface area contributed by atoms with E-state index in [0.29, 0.717) is 16.3 Å². The maximum Gasteiger partial charge on any atom is 0.337 e. The van der Waals surface area contributed by atoms with E-state index in [1.165, 1.54) is 0 Å². The molecule has 2 aromatic rings. The highest BCUT2D eigenvalue weighted by atomic mass is 35.5. The number of halogens is 1. The summed E-state index contributed by atoms with van der Waals surface area (Å²) in [6, 6.07) is 14.4. The number of carbonyl (C=O) groups excluding carboxylic acids is 2. The van der Waals surface area contributed by atoms with Crippen molar-refractivity contribution in [1.82, 2.24) is 10.9 Å². The molecule has 2 rings (SSSR count). The van der Waals surface area contributed by atoms with E-state index in [4.69, 9.17) is 11.6 Å². The molecule has 0 fully saturated rings. The molecule has 7 heteroatoms. The van der Waals surface area contributed by atoms with Crippen LogP contribution in [0.4, 0.5) is 10.5 Å². The highest BCUT2D eigenvalue weighted by Crippen LogP contribution is 2.20. The van der Waals surface area contributed by atoms with Gasteiger partial charge in [0, 0.05) is 0 Å². The molecule has 3 amide bonds. The Balaban J connectivity index is 1.86. The van der Waals surface area contributed by atoms with E-state index in [2.05, 4.69) is 16.2 Å². The zero-order valence-corrected chi connectivity index (χ0v) is 12.2. The van der Waals surface area contributed by atoms with Crippen LogP contribution in [0.5, 0.6) is 0 Å². The normalized spacial score (nSPS) is 11.4. The molecule has 0 heterocycles. The molecule has 22 heavy (non-hydrogen) atoms. The smallest absolute Gasteiger partial charge is 0.337 e. The molecule has 0 radical (unpaired) electrons. The van der Waals surface area contributed by atoms with E-state index in [1.807, 2.05) is 0 Å². The van der Waals surface area contributed by atoms with Gasteiger partial charge in [0.05, 0.1) is 10.7 Å². The summed E-state index contributed by atoms with van der Waals surface area (Å²) in [6.45, 7) is 0. The summed E-state index contributed by atoms with van der Waals surface area (Å²) >= 11 is 5.89. The molecule has 0 saturated heterocycles. The van der Waals surface area contributed by atoms with Gasteiger partial charge in [-0.15, -0.1) is 0 Å². The average molecular weight is 320 g/mol. The minimum absolute atomic E-state index is 0.369. The van der Waals surface area contributed by atoms with Gasteiger partial charge in [0.25, 0.3) is 5.91 Å². The number of hydrazine groups is 1. The van der Waals surface area contributed by atoms with Crippen LogP contribution in [0.15, 0.2) is 54.6 Å². The third kappa shape index (κ3) is 4.21. The lowest BCUT2D eigenvalue weighted by molar-refractivity contribution is -0.130. The molecule has 0 aliphatic carbocycles. The first-order valence-corrected chi connectivity index (χ1v) is 6.80. The van der Waals surface area contributed by atoms with Gasteiger partial charge < -0.3 is 10.4 Å². The van der Waals surface area contributed by atoms with Gasteiger partial charge in [-0.05, 0) is 17.7 Å². The summed E-state index contributed by atoms with van der Waals surface area (Å²) in [5.74, 6) is -0.750. The number of rotatable bonds is 3. The van der Waals surface area contributed by atoms with Crippen LogP contribution in [0.2, 0.25) is 5.02 Å². The fourth-order valence-corrected chi connectivity index (χ4v) is 1.87. The third-order valence-electron chi connectivity index (χ3n) is 2.78. The number of carbonyl (C=O) groups is 2. The third-order valence-corrected chi connectivity index (χ3v) is 3.11. The first kappa shape index (κ1) is 15.8. The van der Waals surface area contributed by atoms with Crippen LogP contribution in [0, 0.1) is 0 Å². The SMILES string of the molecule is O=C(NNC(=O)[C@H](O)c1ccccc1)Nc1ccccc1Cl. The second kappa shape index (κ2) is 7.44. The van der Waals surface area contributed by atoms with Crippen molar-refractivity contribution in [3.05, 3.63) is 65.2 Å². The minimum atomic E-state index is -1.37. The molecule has 4 N–H and O–H groups in total. The number of urea groups is 1. The van der Waals surface area contributed by atoms with Gasteiger partial charge in [-0.3, -0.25) is 10.2 Å². The van der Waals surface area contributed by atoms with E-state index in [-0.39, 0.29) is 0 Å². The van der Waals surface area contributed by atoms with Gasteiger partial charge >= 0.3 is 6.03 Å². The molecule has 6 nitrogen and oxygen atoms in total. The summed E-state index contributed by atoms with van der Waals surface area (Å²) in [6.07, 6.45) is -1.37. The van der Waals surface area contributed by atoms with E-state index in [1.54, 1.807) is 54.6 Å². The van der Waals surface area contributed by atoms with Gasteiger partial charge in [0.1, 0.15) is 0 Å². The predicted octanol–water partition coefficient (Wildman–Crippen LogP) is 2.23. The first-order chi connectivity index (χ1) is 10.6. The maximum absolute atomic E-state index is 11.7. The molecule has 0 aliphatic heterocycles. The molecular weight excluding hydrogens is 306 g/mol. The topological polar surface area (TPSA) is 90.5 Å². The highest BCUT2D eigenvalue weighted by molar-refractivity contribution is 6.33. The standard InChI is InChI=1S/C15H14ClN3O3/c16-11-8-4-5-9-12(11)17-15(22)19-18-14(21)13(20)10-6-2-1-3-7-10/h1-9,13,20H,(H,18,21)(H2,17,19,22)/t13-/m1/s1. The van der Waals surface area contributed by atoms with Crippen LogP contribution in [0.1, 0.15) is 11.7 Å². The Bertz CT molecular complexity index is 664. The Morgan fingerprint density at radius 1 is 0.955 bits per heavy atom. The van der Waals surface area contributed by atoms with Crippen LogP contribution < -0.4 is 16.2 Å². The largest absolute Gasteiger partial charge is 0.378 e. The summed E-state index contributed by atoms with van der Waals surface area (Å²) in [4.78, 5) is 23.4. The Labute approximate surface area is 132 Å². The predicted molar refractivity (Wildman–Crippen MR) is 83.2 cm³/mol. The van der Waals surface area contributed by atoms with E-state index >= 15 is 0 Å². The molecule has 1 atom stereocenters. The molecule has 0 saturated carbocycles. The van der Waals surface area contributed by atoms with Crippen LogP contribution in [0.3, 0.4) is 0 Å². The van der Waals surface area contributed by atoms with E-state index in [9.17, 15) is 14.7 Å². The fraction of sp³-hybridized carbons (Fsp3) is 0.0667. The van der Waals surface area contributed by atoms with Crippen LogP contribution in [-0.4, -0.2) is 17.0 Å². The fourth-order valence-electron chi connectivity index (χ4n) is 1.69. The summed E-state index contributed by atoms with van der Waals surface area (Å²) in [5, 5.41) is 12.7. The lowest BCUT2D eigenvalue weighted by Crippen LogP contribution is -2.45. The van der Waals surface area contributed by atoms with Crippen molar-refractivity contribution in [3.63, 3.8) is 0 Å². The van der Waals surface area contributed by atoms with E-state index < -0.39 is 18.0 Å². The van der Waals surface area contributed by atoms with Gasteiger partial charge in [-0.25, -0.2) is 10.2 Å². The first-order valence-electron chi connectivity index (χ1n) is 6.42. The molecule has 0 aliphatic rings. The minimum Gasteiger partial charge on any atom is -0.378 e. The van der Waals surface area contributed by atoms with Crippen molar-refractivity contribution < 1.29 is 14.7 Å². The van der Waals surface area contributed by atoms with Crippen molar-refractivity contribution in [3.8, 4) is 0 Å². The number of hydrogen-bond acceptors (Lipinski definition) is 3. The van der Waals surface area contributed by atoms with Crippen molar-refractivity contribution in [2.75, 3.05) is 5.32 Å². The van der Waals surface area contributed by atoms with Crippen LogP contribution in [-0.2, 0) is 4.79 Å². The lowest BCUT2D eigenvalue weighted by atomic mass is 10.1. The molecule has 2 aromatic carbocycles. The molecular formula is C15H14ClN3O3. The zero-order chi connectivity index (χ0) is 15.9. The monoisotopic (exact) mass is 319 g/mol. The van der Waals surface area contributed by atoms with Crippen molar-refractivity contribution >= 4 is 29.2 Å². The number of benzene rings is 2. The van der Waals surface area contributed by atoms with Gasteiger partial charge in [-0.1, -0.05) is 54.1 Å². The summed E-state index contributed by atoms with van der Waals surface area (Å²) < 4.78 is 0. The van der Waals surface area contributed by atoms with Crippen LogP contribution >= 0.6 is 11.6 Å².